The number of hydrogen-bond donors (Lipinski definition) is 2. The highest BCUT2D eigenvalue weighted by molar-refractivity contribution is 5.99. The van der Waals surface area contributed by atoms with Crippen molar-refractivity contribution in [3.63, 3.8) is 0 Å². The van der Waals surface area contributed by atoms with E-state index in [0.717, 1.165) is 0 Å². The van der Waals surface area contributed by atoms with E-state index in [0.29, 0.717) is 52.8 Å². The fourth-order valence-electron chi connectivity index (χ4n) is 4.31. The minimum Gasteiger partial charge on any atom is -0.383 e. The highest BCUT2D eigenvalue weighted by atomic mass is 19.1. The van der Waals surface area contributed by atoms with Crippen LogP contribution in [0, 0.1) is 33.9 Å². The molecule has 0 unspecified atom stereocenters. The summed E-state index contributed by atoms with van der Waals surface area (Å²) in [6, 6.07) is 11.2. The Labute approximate surface area is 226 Å². The molecule has 0 spiro atoms. The first-order valence-electron chi connectivity index (χ1n) is 13.1. The highest BCUT2D eigenvalue weighted by Crippen LogP contribution is 2.43. The number of pyridine rings is 1. The molecule has 2 aromatic carbocycles. The van der Waals surface area contributed by atoms with Gasteiger partial charge in [0.05, 0.1) is 41.5 Å². The van der Waals surface area contributed by atoms with E-state index < -0.39 is 24.0 Å². The molecule has 1 atom stereocenters. The number of aromatic nitrogens is 4. The van der Waals surface area contributed by atoms with Crippen molar-refractivity contribution in [1.82, 2.24) is 20.0 Å². The van der Waals surface area contributed by atoms with E-state index in [1.807, 2.05) is 0 Å². The van der Waals surface area contributed by atoms with Crippen LogP contribution in [-0.2, 0) is 5.54 Å². The summed E-state index contributed by atoms with van der Waals surface area (Å²) >= 11 is 0. The second kappa shape index (κ2) is 9.95. The topological polar surface area (TPSA) is 115 Å². The van der Waals surface area contributed by atoms with Crippen molar-refractivity contribution in [2.24, 2.45) is 5.41 Å². The lowest BCUT2D eigenvalue weighted by molar-refractivity contribution is 0.309. The van der Waals surface area contributed by atoms with Gasteiger partial charge in [0.15, 0.2) is 0 Å². The van der Waals surface area contributed by atoms with Crippen LogP contribution in [0.25, 0.3) is 10.9 Å². The summed E-state index contributed by atoms with van der Waals surface area (Å²) < 4.78 is 38.6. The number of hydrogen-bond acceptors (Lipinski definition) is 7. The third-order valence-electron chi connectivity index (χ3n) is 6.72. The van der Waals surface area contributed by atoms with Crippen LogP contribution in [0.4, 0.5) is 20.2 Å². The maximum atomic E-state index is 13.8. The lowest BCUT2D eigenvalue weighted by Crippen LogP contribution is -2.20. The predicted octanol–water partition coefficient (Wildman–Crippen LogP) is 5.83. The normalized spacial score (nSPS) is 16.0. The van der Waals surface area contributed by atoms with E-state index >= 15 is 0 Å². The average molecular weight is 528 g/mol. The van der Waals surface area contributed by atoms with E-state index in [1.165, 1.54) is 41.3 Å². The standard InChI is InChI=1S/C29H28F2N8/c1-28(2,3)17-35-26-20(13-33)14-34-25-19(12-32)10-22(11-23(25)26)36-27(18-4-6-21(31)7-5-18)24-15-39(38-37-24)29(16-30)8-9-29/h4-7,10-11,14-15,27,36H,8-9,16-17H2,1-3H3,(H,34,35)/t27-/m0/s1/i27D. The fraction of sp³-hybridized carbons (Fsp3) is 0.345. The van der Waals surface area contributed by atoms with Crippen LogP contribution in [0.2, 0.25) is 0 Å². The molecule has 1 aliphatic carbocycles. The van der Waals surface area contributed by atoms with Crippen molar-refractivity contribution in [1.29, 1.82) is 10.5 Å². The summed E-state index contributed by atoms with van der Waals surface area (Å²) in [6.45, 7) is 6.13. The molecular formula is C29H28F2N8. The lowest BCUT2D eigenvalue weighted by atomic mass is 9.96. The Morgan fingerprint density at radius 2 is 1.87 bits per heavy atom. The van der Waals surface area contributed by atoms with Gasteiger partial charge < -0.3 is 10.6 Å². The van der Waals surface area contributed by atoms with Crippen molar-refractivity contribution in [3.05, 3.63) is 77.0 Å². The lowest BCUT2D eigenvalue weighted by Gasteiger charge is -2.22. The molecule has 2 N–H and O–H groups in total. The number of nitriles is 2. The molecule has 8 nitrogen and oxygen atoms in total. The smallest absolute Gasteiger partial charge is 0.123 e. The zero-order valence-electron chi connectivity index (χ0n) is 22.9. The molecule has 2 aromatic heterocycles. The maximum absolute atomic E-state index is 13.8. The zero-order chi connectivity index (χ0) is 28.7. The predicted molar refractivity (Wildman–Crippen MR) is 144 cm³/mol. The number of anilines is 2. The Kier molecular flexibility index (Phi) is 6.32. The van der Waals surface area contributed by atoms with Gasteiger partial charge in [-0.25, -0.2) is 13.5 Å². The molecule has 10 heteroatoms. The van der Waals surface area contributed by atoms with Crippen LogP contribution in [0.15, 0.2) is 48.8 Å². The number of rotatable bonds is 8. The van der Waals surface area contributed by atoms with E-state index in [9.17, 15) is 20.7 Å². The summed E-state index contributed by atoms with van der Waals surface area (Å²) in [5, 5.41) is 35.1. The number of nitrogens with zero attached hydrogens (tertiary/aromatic N) is 6. The summed E-state index contributed by atoms with van der Waals surface area (Å²) in [6.07, 6.45) is 4.21. The van der Waals surface area contributed by atoms with Gasteiger partial charge in [0.25, 0.3) is 0 Å². The summed E-state index contributed by atoms with van der Waals surface area (Å²) in [7, 11) is 0. The number of nitrogens with one attached hydrogen (secondary N) is 2. The van der Waals surface area contributed by atoms with Gasteiger partial charge in [0.1, 0.15) is 30.3 Å². The number of alkyl halides is 1. The Morgan fingerprint density at radius 1 is 1.15 bits per heavy atom. The zero-order valence-corrected chi connectivity index (χ0v) is 21.9. The van der Waals surface area contributed by atoms with Gasteiger partial charge >= 0.3 is 0 Å². The summed E-state index contributed by atoms with van der Waals surface area (Å²) in [5.74, 6) is -0.466. The highest BCUT2D eigenvalue weighted by Gasteiger charge is 2.46. The monoisotopic (exact) mass is 527 g/mol. The third-order valence-corrected chi connectivity index (χ3v) is 6.72. The van der Waals surface area contributed by atoms with E-state index in [4.69, 9.17) is 0 Å². The number of benzene rings is 2. The molecule has 1 saturated carbocycles. The van der Waals surface area contributed by atoms with Gasteiger partial charge in [0.2, 0.25) is 0 Å². The molecule has 0 radical (unpaired) electrons. The van der Waals surface area contributed by atoms with E-state index in [2.05, 4.69) is 58.8 Å². The van der Waals surface area contributed by atoms with E-state index in [1.54, 1.807) is 12.1 Å². The van der Waals surface area contributed by atoms with Crippen LogP contribution in [-0.4, -0.2) is 33.2 Å². The van der Waals surface area contributed by atoms with Crippen molar-refractivity contribution in [2.75, 3.05) is 23.9 Å². The van der Waals surface area contributed by atoms with Gasteiger partial charge in [-0.05, 0) is 48.1 Å². The molecule has 0 amide bonds. The van der Waals surface area contributed by atoms with Crippen LogP contribution in [0.5, 0.6) is 0 Å². The van der Waals surface area contributed by atoms with Gasteiger partial charge in [-0.1, -0.05) is 38.1 Å². The third kappa shape index (κ3) is 5.23. The number of fused-ring (bicyclic) bond motifs is 1. The molecule has 1 aliphatic rings. The fourth-order valence-corrected chi connectivity index (χ4v) is 4.31. The van der Waals surface area contributed by atoms with Gasteiger partial charge in [-0.3, -0.25) is 4.98 Å². The summed E-state index contributed by atoms with van der Waals surface area (Å²) in [5.41, 5.74) is 1.56. The van der Waals surface area contributed by atoms with Crippen molar-refractivity contribution in [2.45, 2.75) is 45.2 Å². The average Bonchev–Trinajstić information content (AvgIpc) is 3.57. The molecule has 4 aromatic rings. The Bertz CT molecular complexity index is 1660. The molecule has 5 rings (SSSR count). The van der Waals surface area contributed by atoms with Crippen LogP contribution in [0.1, 0.15) is 63.4 Å². The molecule has 198 valence electrons. The van der Waals surface area contributed by atoms with Crippen molar-refractivity contribution < 1.29 is 10.2 Å². The SMILES string of the molecule is [2H][C@](Nc1cc(C#N)c2ncc(C#N)c(NCC(C)(C)C)c2c1)(c1ccc(F)cc1)c1cn(C2(CF)CC2)nn1. The first-order valence-corrected chi connectivity index (χ1v) is 12.6. The van der Waals surface area contributed by atoms with Crippen molar-refractivity contribution in [3.8, 4) is 12.1 Å². The second-order valence-electron chi connectivity index (χ2n) is 11.0. The molecule has 0 aliphatic heterocycles. The molecule has 0 bridgehead atoms. The van der Waals surface area contributed by atoms with Gasteiger partial charge in [-0.2, -0.15) is 10.5 Å². The first kappa shape index (κ1) is 24.7. The first-order chi connectivity index (χ1) is 19.0. The minimum atomic E-state index is -1.78. The van der Waals surface area contributed by atoms with Crippen molar-refractivity contribution >= 4 is 22.3 Å². The molecular weight excluding hydrogens is 498 g/mol. The van der Waals surface area contributed by atoms with Gasteiger partial charge in [0, 0.05) is 23.8 Å². The number of halogens is 2. The van der Waals surface area contributed by atoms with Crippen LogP contribution >= 0.6 is 0 Å². The quantitative estimate of drug-likeness (QED) is 0.296. The Hall–Kier alpha value is -4.57. The molecule has 1 fully saturated rings. The molecule has 2 heterocycles. The maximum Gasteiger partial charge on any atom is 0.123 e. The summed E-state index contributed by atoms with van der Waals surface area (Å²) in [4.78, 5) is 4.38. The van der Waals surface area contributed by atoms with Gasteiger partial charge in [-0.15, -0.1) is 5.10 Å². The Morgan fingerprint density at radius 3 is 2.49 bits per heavy atom. The van der Waals surface area contributed by atoms with Crippen LogP contribution in [0.3, 0.4) is 0 Å². The Balaban J connectivity index is 1.65. The molecule has 0 saturated heterocycles. The molecule has 39 heavy (non-hydrogen) atoms. The van der Waals surface area contributed by atoms with E-state index in [-0.39, 0.29) is 16.7 Å². The largest absolute Gasteiger partial charge is 0.383 e. The minimum absolute atomic E-state index is 0.0977. The van der Waals surface area contributed by atoms with Crippen LogP contribution < -0.4 is 10.6 Å². The second-order valence-corrected chi connectivity index (χ2v) is 11.0.